The Morgan fingerprint density at radius 1 is 1.39 bits per heavy atom. The van der Waals surface area contributed by atoms with Gasteiger partial charge in [-0.2, -0.15) is 11.3 Å². The molecule has 0 radical (unpaired) electrons. The number of hydrogen-bond donors (Lipinski definition) is 1. The zero-order valence-electron chi connectivity index (χ0n) is 10.7. The molecule has 0 saturated carbocycles. The molecule has 18 heavy (non-hydrogen) atoms. The third-order valence-corrected chi connectivity index (χ3v) is 3.78. The second kappa shape index (κ2) is 5.89. The normalized spacial score (nSPS) is 12.2. The van der Waals surface area contributed by atoms with Crippen LogP contribution < -0.4 is 15.4 Å². The highest BCUT2D eigenvalue weighted by Crippen LogP contribution is 2.28. The largest absolute Gasteiger partial charge is 0.497 e. The Labute approximate surface area is 112 Å². The maximum absolute atomic E-state index is 5.90. The van der Waals surface area contributed by atoms with Gasteiger partial charge in [0.25, 0.3) is 0 Å². The fraction of sp³-hybridized carbons (Fsp3) is 0.286. The van der Waals surface area contributed by atoms with E-state index in [0.29, 0.717) is 6.54 Å². The molecule has 1 atom stereocenters. The highest BCUT2D eigenvalue weighted by molar-refractivity contribution is 7.08. The van der Waals surface area contributed by atoms with Gasteiger partial charge in [-0.05, 0) is 34.5 Å². The van der Waals surface area contributed by atoms with Gasteiger partial charge in [-0.15, -0.1) is 0 Å². The minimum atomic E-state index is 0.198. The molecule has 1 heterocycles. The molecule has 1 aromatic carbocycles. The molecule has 0 aliphatic carbocycles. The molecule has 0 amide bonds. The fourth-order valence-electron chi connectivity index (χ4n) is 1.99. The Morgan fingerprint density at radius 2 is 2.22 bits per heavy atom. The molecule has 0 aliphatic rings. The topological polar surface area (TPSA) is 38.5 Å². The Bertz CT molecular complexity index is 484. The number of nitrogens with zero attached hydrogens (tertiary/aromatic N) is 1. The summed E-state index contributed by atoms with van der Waals surface area (Å²) >= 11 is 1.70. The van der Waals surface area contributed by atoms with Crippen LogP contribution in [0.2, 0.25) is 0 Å². The number of nitrogens with two attached hydrogens (primary N) is 1. The van der Waals surface area contributed by atoms with Gasteiger partial charge < -0.3 is 15.4 Å². The number of methoxy groups -OCH3 is 1. The van der Waals surface area contributed by atoms with Gasteiger partial charge in [-0.1, -0.05) is 6.07 Å². The monoisotopic (exact) mass is 262 g/mol. The number of likely N-dealkylation sites (N-methyl/N-ethyl adjacent to an activating group) is 1. The van der Waals surface area contributed by atoms with Crippen molar-refractivity contribution in [3.63, 3.8) is 0 Å². The molecule has 0 fully saturated rings. The summed E-state index contributed by atoms with van der Waals surface area (Å²) in [5.41, 5.74) is 8.27. The van der Waals surface area contributed by atoms with E-state index in [1.165, 1.54) is 5.56 Å². The van der Waals surface area contributed by atoms with E-state index in [1.807, 2.05) is 18.2 Å². The molecular weight excluding hydrogens is 244 g/mol. The van der Waals surface area contributed by atoms with Crippen molar-refractivity contribution in [2.24, 2.45) is 5.73 Å². The first-order chi connectivity index (χ1) is 8.76. The van der Waals surface area contributed by atoms with Crippen LogP contribution in [0.25, 0.3) is 0 Å². The average molecular weight is 262 g/mol. The van der Waals surface area contributed by atoms with E-state index in [4.69, 9.17) is 10.5 Å². The highest BCUT2D eigenvalue weighted by Gasteiger charge is 2.16. The van der Waals surface area contributed by atoms with Crippen LogP contribution in [0.5, 0.6) is 5.75 Å². The predicted octanol–water partition coefficient (Wildman–Crippen LogP) is 2.89. The molecule has 0 aliphatic heterocycles. The maximum Gasteiger partial charge on any atom is 0.120 e. The van der Waals surface area contributed by atoms with Crippen molar-refractivity contribution in [2.75, 3.05) is 25.6 Å². The van der Waals surface area contributed by atoms with Crippen LogP contribution in [-0.2, 0) is 0 Å². The van der Waals surface area contributed by atoms with Crippen LogP contribution in [0.3, 0.4) is 0 Å². The Hall–Kier alpha value is -1.52. The standard InChI is InChI=1S/C14H18N2OS/c1-16(12-4-3-5-13(8-12)17-2)14(9-15)11-6-7-18-10-11/h3-8,10,14H,9,15H2,1-2H3. The molecule has 2 N–H and O–H groups in total. The number of benzene rings is 1. The number of rotatable bonds is 5. The van der Waals surface area contributed by atoms with E-state index >= 15 is 0 Å². The quantitative estimate of drug-likeness (QED) is 0.900. The molecular formula is C14H18N2OS. The first kappa shape index (κ1) is 12.9. The number of thiophene rings is 1. The van der Waals surface area contributed by atoms with Gasteiger partial charge in [0.15, 0.2) is 0 Å². The van der Waals surface area contributed by atoms with Crippen molar-refractivity contribution in [3.8, 4) is 5.75 Å². The zero-order chi connectivity index (χ0) is 13.0. The average Bonchev–Trinajstić information content (AvgIpc) is 2.93. The Morgan fingerprint density at radius 3 is 2.83 bits per heavy atom. The van der Waals surface area contributed by atoms with Crippen molar-refractivity contribution < 1.29 is 4.74 Å². The zero-order valence-corrected chi connectivity index (χ0v) is 11.5. The van der Waals surface area contributed by atoms with Gasteiger partial charge in [-0.25, -0.2) is 0 Å². The van der Waals surface area contributed by atoms with Gasteiger partial charge in [0, 0.05) is 25.3 Å². The third kappa shape index (κ3) is 2.66. The summed E-state index contributed by atoms with van der Waals surface area (Å²) in [4.78, 5) is 2.19. The lowest BCUT2D eigenvalue weighted by molar-refractivity contribution is 0.414. The van der Waals surface area contributed by atoms with Gasteiger partial charge in [0.05, 0.1) is 13.2 Å². The first-order valence-electron chi connectivity index (χ1n) is 5.85. The predicted molar refractivity (Wildman–Crippen MR) is 77.5 cm³/mol. The molecule has 4 heteroatoms. The van der Waals surface area contributed by atoms with E-state index in [0.717, 1.165) is 11.4 Å². The maximum atomic E-state index is 5.90. The van der Waals surface area contributed by atoms with Crippen LogP contribution in [0, 0.1) is 0 Å². The van der Waals surface area contributed by atoms with E-state index < -0.39 is 0 Å². The van der Waals surface area contributed by atoms with Crippen molar-refractivity contribution in [3.05, 3.63) is 46.7 Å². The van der Waals surface area contributed by atoms with Crippen LogP contribution in [0.4, 0.5) is 5.69 Å². The molecule has 0 saturated heterocycles. The minimum Gasteiger partial charge on any atom is -0.497 e. The van der Waals surface area contributed by atoms with E-state index in [2.05, 4.69) is 34.8 Å². The summed E-state index contributed by atoms with van der Waals surface area (Å²) in [6.07, 6.45) is 0. The molecule has 2 aromatic rings. The summed E-state index contributed by atoms with van der Waals surface area (Å²) in [5, 5.41) is 4.23. The van der Waals surface area contributed by atoms with E-state index in [9.17, 15) is 0 Å². The summed E-state index contributed by atoms with van der Waals surface area (Å²) in [7, 11) is 3.74. The lowest BCUT2D eigenvalue weighted by atomic mass is 10.1. The summed E-state index contributed by atoms with van der Waals surface area (Å²) < 4.78 is 5.25. The number of hydrogen-bond acceptors (Lipinski definition) is 4. The van der Waals surface area contributed by atoms with Gasteiger partial charge in [-0.3, -0.25) is 0 Å². The van der Waals surface area contributed by atoms with E-state index in [1.54, 1.807) is 18.4 Å². The minimum absolute atomic E-state index is 0.198. The molecule has 0 bridgehead atoms. The molecule has 3 nitrogen and oxygen atoms in total. The first-order valence-corrected chi connectivity index (χ1v) is 6.79. The van der Waals surface area contributed by atoms with Crippen molar-refractivity contribution in [1.29, 1.82) is 0 Å². The van der Waals surface area contributed by atoms with Gasteiger partial charge >= 0.3 is 0 Å². The summed E-state index contributed by atoms with van der Waals surface area (Å²) in [5.74, 6) is 0.862. The van der Waals surface area contributed by atoms with E-state index in [-0.39, 0.29) is 6.04 Å². The highest BCUT2D eigenvalue weighted by atomic mass is 32.1. The SMILES string of the molecule is COc1cccc(N(C)C(CN)c2ccsc2)c1. The van der Waals surface area contributed by atoms with Gasteiger partial charge in [0.2, 0.25) is 0 Å². The van der Waals surface area contributed by atoms with Crippen molar-refractivity contribution in [2.45, 2.75) is 6.04 Å². The number of ether oxygens (including phenoxy) is 1. The molecule has 0 spiro atoms. The fourth-order valence-corrected chi connectivity index (χ4v) is 2.70. The molecule has 1 unspecified atom stereocenters. The van der Waals surface area contributed by atoms with Crippen LogP contribution in [0.15, 0.2) is 41.1 Å². The van der Waals surface area contributed by atoms with Crippen LogP contribution in [0.1, 0.15) is 11.6 Å². The van der Waals surface area contributed by atoms with Crippen LogP contribution in [-0.4, -0.2) is 20.7 Å². The third-order valence-electron chi connectivity index (χ3n) is 3.08. The summed E-state index contributed by atoms with van der Waals surface area (Å²) in [6.45, 7) is 0.588. The molecule has 1 aromatic heterocycles. The Balaban J connectivity index is 2.25. The number of anilines is 1. The lowest BCUT2D eigenvalue weighted by Gasteiger charge is -2.29. The second-order valence-corrected chi connectivity index (χ2v) is 4.90. The Kier molecular flexibility index (Phi) is 4.23. The van der Waals surface area contributed by atoms with Crippen molar-refractivity contribution >= 4 is 17.0 Å². The molecule has 2 rings (SSSR count). The second-order valence-electron chi connectivity index (χ2n) is 4.12. The lowest BCUT2D eigenvalue weighted by Crippen LogP contribution is -2.30. The smallest absolute Gasteiger partial charge is 0.120 e. The van der Waals surface area contributed by atoms with Crippen LogP contribution >= 0.6 is 11.3 Å². The molecule has 96 valence electrons. The van der Waals surface area contributed by atoms with Crippen molar-refractivity contribution in [1.82, 2.24) is 0 Å². The van der Waals surface area contributed by atoms with Gasteiger partial charge in [0.1, 0.15) is 5.75 Å². The summed E-state index contributed by atoms with van der Waals surface area (Å²) in [6, 6.07) is 10.3.